The molecule has 0 aliphatic carbocycles. The Bertz CT molecular complexity index is 1400. The summed E-state index contributed by atoms with van der Waals surface area (Å²) in [5, 5.41) is 2.07. The summed E-state index contributed by atoms with van der Waals surface area (Å²) in [6, 6.07) is 12.8. The van der Waals surface area contributed by atoms with E-state index in [2.05, 4.69) is 9.88 Å². The van der Waals surface area contributed by atoms with Crippen molar-refractivity contribution in [3.63, 3.8) is 0 Å². The van der Waals surface area contributed by atoms with E-state index in [1.807, 2.05) is 30.6 Å². The first-order valence-electron chi connectivity index (χ1n) is 10.6. The third-order valence-corrected chi connectivity index (χ3v) is 6.83. The highest BCUT2D eigenvalue weighted by atomic mass is 35.5. The standard InChI is InChI=1S/C24H22N4O3S.2ClH/c1-31-24(30)21-20(26-15-27-13-7-2-8-14-27)19-16-9-3-4-10-17(16)22(29)28(23(19)32-21)18-11-5-6-12-25-18;;/h3-6,9-12,15H,2,7-8,13-14H2,1H3;2*1H. The molecule has 1 aliphatic rings. The zero-order valence-electron chi connectivity index (χ0n) is 18.5. The number of hydrogen-bond acceptors (Lipinski definition) is 6. The zero-order chi connectivity index (χ0) is 22.1. The van der Waals surface area contributed by atoms with E-state index in [9.17, 15) is 9.59 Å². The van der Waals surface area contributed by atoms with Crippen LogP contribution < -0.4 is 5.56 Å². The Morgan fingerprint density at radius 1 is 1.06 bits per heavy atom. The van der Waals surface area contributed by atoms with Gasteiger partial charge in [-0.05, 0) is 42.8 Å². The summed E-state index contributed by atoms with van der Waals surface area (Å²) in [6.07, 6.45) is 6.94. The highest BCUT2D eigenvalue weighted by Crippen LogP contribution is 2.42. The first kappa shape index (κ1) is 25.7. The summed E-state index contributed by atoms with van der Waals surface area (Å²) >= 11 is 1.21. The van der Waals surface area contributed by atoms with Crippen molar-refractivity contribution in [1.82, 2.24) is 14.5 Å². The van der Waals surface area contributed by atoms with Gasteiger partial charge in [-0.15, -0.1) is 36.2 Å². The van der Waals surface area contributed by atoms with Crippen LogP contribution in [-0.2, 0) is 4.74 Å². The number of methoxy groups -OCH3 is 1. The number of nitrogens with zero attached hydrogens (tertiary/aromatic N) is 4. The lowest BCUT2D eigenvalue weighted by Gasteiger charge is -2.23. The number of aromatic nitrogens is 2. The number of fused-ring (bicyclic) bond motifs is 3. The van der Waals surface area contributed by atoms with Gasteiger partial charge >= 0.3 is 5.97 Å². The highest BCUT2D eigenvalue weighted by molar-refractivity contribution is 7.21. The second-order valence-electron chi connectivity index (χ2n) is 7.67. The number of carbonyl (C=O) groups is 1. The van der Waals surface area contributed by atoms with Gasteiger partial charge in [-0.2, -0.15) is 0 Å². The monoisotopic (exact) mass is 518 g/mol. The second-order valence-corrected chi connectivity index (χ2v) is 8.67. The number of esters is 1. The second kappa shape index (κ2) is 11.0. The number of likely N-dealkylation sites (tertiary alicyclic amines) is 1. The van der Waals surface area contributed by atoms with Gasteiger partial charge in [-0.1, -0.05) is 24.3 Å². The van der Waals surface area contributed by atoms with Crippen LogP contribution in [0.15, 0.2) is 58.4 Å². The summed E-state index contributed by atoms with van der Waals surface area (Å²) in [6.45, 7) is 1.89. The molecule has 4 aromatic rings. The minimum absolute atomic E-state index is 0. The fourth-order valence-electron chi connectivity index (χ4n) is 4.13. The Morgan fingerprint density at radius 3 is 2.44 bits per heavy atom. The predicted molar refractivity (Wildman–Crippen MR) is 142 cm³/mol. The Balaban J connectivity index is 0.00000162. The molecular formula is C24H24Cl2N4O3S. The van der Waals surface area contributed by atoms with Crippen molar-refractivity contribution < 1.29 is 9.53 Å². The van der Waals surface area contributed by atoms with E-state index in [0.29, 0.717) is 26.6 Å². The average molecular weight is 519 g/mol. The van der Waals surface area contributed by atoms with E-state index < -0.39 is 5.97 Å². The van der Waals surface area contributed by atoms with Gasteiger partial charge in [0.15, 0.2) is 0 Å². The molecule has 1 saturated heterocycles. The van der Waals surface area contributed by atoms with E-state index in [1.54, 1.807) is 29.0 Å². The number of rotatable bonds is 4. The molecule has 0 radical (unpaired) electrons. The maximum Gasteiger partial charge on any atom is 0.350 e. The minimum atomic E-state index is -0.471. The summed E-state index contributed by atoms with van der Waals surface area (Å²) in [5.74, 6) is 0.0265. The molecule has 0 atom stereocenters. The number of carbonyl (C=O) groups excluding carboxylic acids is 1. The van der Waals surface area contributed by atoms with Crippen LogP contribution in [0.4, 0.5) is 5.69 Å². The molecule has 1 aromatic carbocycles. The zero-order valence-corrected chi connectivity index (χ0v) is 20.9. The predicted octanol–water partition coefficient (Wildman–Crippen LogP) is 5.38. The maximum absolute atomic E-state index is 13.5. The van der Waals surface area contributed by atoms with Crippen LogP contribution in [-0.4, -0.2) is 47.0 Å². The van der Waals surface area contributed by atoms with E-state index in [0.717, 1.165) is 36.7 Å². The largest absolute Gasteiger partial charge is 0.465 e. The average Bonchev–Trinajstić information content (AvgIpc) is 3.23. The van der Waals surface area contributed by atoms with Gasteiger partial charge in [0.1, 0.15) is 21.2 Å². The Hall–Kier alpha value is -2.94. The molecule has 1 fully saturated rings. The normalized spacial score (nSPS) is 13.6. The molecule has 5 rings (SSSR count). The lowest BCUT2D eigenvalue weighted by Crippen LogP contribution is -2.28. The molecule has 0 saturated carbocycles. The first-order valence-corrected chi connectivity index (χ1v) is 11.4. The topological polar surface area (TPSA) is 76.8 Å². The molecule has 34 heavy (non-hydrogen) atoms. The van der Waals surface area contributed by atoms with Crippen LogP contribution in [0.2, 0.25) is 0 Å². The van der Waals surface area contributed by atoms with E-state index >= 15 is 0 Å². The van der Waals surface area contributed by atoms with Gasteiger partial charge in [0.05, 0.1) is 13.4 Å². The number of piperidine rings is 1. The van der Waals surface area contributed by atoms with Crippen molar-refractivity contribution in [3.05, 3.63) is 63.9 Å². The van der Waals surface area contributed by atoms with Gasteiger partial charge in [-0.3, -0.25) is 9.36 Å². The number of ether oxygens (including phenoxy) is 1. The number of pyridine rings is 2. The van der Waals surface area contributed by atoms with Gasteiger partial charge < -0.3 is 9.64 Å². The highest BCUT2D eigenvalue weighted by Gasteiger charge is 2.25. The molecule has 0 bridgehead atoms. The number of hydrogen-bond donors (Lipinski definition) is 0. The van der Waals surface area contributed by atoms with Gasteiger partial charge in [0, 0.05) is 30.1 Å². The van der Waals surface area contributed by atoms with Gasteiger partial charge in [0.2, 0.25) is 0 Å². The maximum atomic E-state index is 13.5. The van der Waals surface area contributed by atoms with Crippen molar-refractivity contribution in [1.29, 1.82) is 0 Å². The summed E-state index contributed by atoms with van der Waals surface area (Å²) in [5.41, 5.74) is 0.347. The van der Waals surface area contributed by atoms with Gasteiger partial charge in [0.25, 0.3) is 5.56 Å². The van der Waals surface area contributed by atoms with Crippen LogP contribution in [0.1, 0.15) is 28.9 Å². The lowest BCUT2D eigenvalue weighted by atomic mass is 10.1. The van der Waals surface area contributed by atoms with E-state index in [1.165, 1.54) is 24.9 Å². The molecule has 7 nitrogen and oxygen atoms in total. The fourth-order valence-corrected chi connectivity index (χ4v) is 5.32. The summed E-state index contributed by atoms with van der Waals surface area (Å²) in [4.78, 5) is 38.5. The number of halogens is 2. The molecule has 3 aromatic heterocycles. The lowest BCUT2D eigenvalue weighted by molar-refractivity contribution is 0.0607. The summed E-state index contributed by atoms with van der Waals surface area (Å²) in [7, 11) is 1.36. The molecule has 0 unspecified atom stereocenters. The molecule has 4 heterocycles. The number of benzene rings is 1. The van der Waals surface area contributed by atoms with Crippen molar-refractivity contribution >= 4 is 75.1 Å². The molecule has 0 spiro atoms. The molecule has 0 amide bonds. The molecule has 10 heteroatoms. The molecule has 1 aliphatic heterocycles. The van der Waals surface area contributed by atoms with Crippen molar-refractivity contribution in [2.45, 2.75) is 19.3 Å². The smallest absolute Gasteiger partial charge is 0.350 e. The van der Waals surface area contributed by atoms with Crippen molar-refractivity contribution in [3.8, 4) is 5.82 Å². The van der Waals surface area contributed by atoms with Crippen molar-refractivity contribution in [2.75, 3.05) is 20.2 Å². The minimum Gasteiger partial charge on any atom is -0.465 e. The Kier molecular flexibility index (Phi) is 8.30. The summed E-state index contributed by atoms with van der Waals surface area (Å²) < 4.78 is 6.63. The Labute approximate surface area is 212 Å². The van der Waals surface area contributed by atoms with Crippen LogP contribution in [0.25, 0.3) is 26.8 Å². The number of aliphatic imine (C=N–C) groups is 1. The van der Waals surface area contributed by atoms with Crippen molar-refractivity contribution in [2.24, 2.45) is 4.99 Å². The van der Waals surface area contributed by atoms with Crippen LogP contribution in [0, 0.1) is 0 Å². The first-order chi connectivity index (χ1) is 15.7. The molecular weight excluding hydrogens is 495 g/mol. The quantitative estimate of drug-likeness (QED) is 0.206. The molecule has 0 N–H and O–H groups in total. The van der Waals surface area contributed by atoms with E-state index in [4.69, 9.17) is 9.73 Å². The number of thiophene rings is 1. The third kappa shape index (κ3) is 4.53. The molecule has 178 valence electrons. The van der Waals surface area contributed by atoms with Crippen LogP contribution >= 0.6 is 36.2 Å². The third-order valence-electron chi connectivity index (χ3n) is 5.69. The SMILES string of the molecule is COC(=O)c1sc2c(c1N=CN1CCCCC1)c1ccccc1c(=O)n2-c1ccccn1.Cl.Cl. The van der Waals surface area contributed by atoms with Crippen LogP contribution in [0.3, 0.4) is 0 Å². The van der Waals surface area contributed by atoms with E-state index in [-0.39, 0.29) is 30.4 Å². The van der Waals surface area contributed by atoms with Gasteiger partial charge in [-0.25, -0.2) is 14.8 Å². The fraction of sp³-hybridized carbons (Fsp3) is 0.250. The van der Waals surface area contributed by atoms with Crippen LogP contribution in [0.5, 0.6) is 0 Å². The Morgan fingerprint density at radius 2 is 1.76 bits per heavy atom.